The molecule has 1 aliphatic rings. The van der Waals surface area contributed by atoms with Gasteiger partial charge in [0.25, 0.3) is 0 Å². The molecule has 1 heterocycles. The molecule has 0 bridgehead atoms. The zero-order valence-electron chi connectivity index (χ0n) is 11.6. The monoisotopic (exact) mass is 319 g/mol. The number of alkyl halides is 3. The second-order valence-corrected chi connectivity index (χ2v) is 4.97. The quantitative estimate of drug-likeness (QED) is 0.634. The van der Waals surface area contributed by atoms with Gasteiger partial charge in [0, 0.05) is 13.5 Å². The molecule has 8 heteroatoms. The van der Waals surface area contributed by atoms with Gasteiger partial charge in [-0.05, 0) is 17.7 Å². The molecule has 1 atom stereocenters. The maximum Gasteiger partial charge on any atom is 0.419 e. The van der Waals surface area contributed by atoms with Crippen LogP contribution in [0.3, 0.4) is 0 Å². The predicted octanol–water partition coefficient (Wildman–Crippen LogP) is 2.16. The minimum absolute atomic E-state index is 0.0249. The highest BCUT2D eigenvalue weighted by Crippen LogP contribution is 2.32. The molecule has 0 aliphatic carbocycles. The van der Waals surface area contributed by atoms with Crippen LogP contribution in [-0.4, -0.2) is 36.5 Å². The first kappa shape index (κ1) is 16.3. The topological polar surface area (TPSA) is 46.6 Å². The van der Waals surface area contributed by atoms with Crippen molar-refractivity contribution in [3.63, 3.8) is 0 Å². The van der Waals surface area contributed by atoms with Crippen LogP contribution in [0.1, 0.15) is 17.5 Å². The van der Waals surface area contributed by atoms with Crippen LogP contribution in [0.5, 0.6) is 0 Å². The second kappa shape index (κ2) is 5.94. The summed E-state index contributed by atoms with van der Waals surface area (Å²) in [5.74, 6) is -2.47. The summed E-state index contributed by atoms with van der Waals surface area (Å²) in [5.41, 5.74) is -1.39. The molecule has 0 aromatic heterocycles. The Morgan fingerprint density at radius 1 is 1.41 bits per heavy atom. The second-order valence-electron chi connectivity index (χ2n) is 4.97. The highest BCUT2D eigenvalue weighted by atomic mass is 19.4. The van der Waals surface area contributed by atoms with Gasteiger partial charge in [-0.25, -0.2) is 9.18 Å². The summed E-state index contributed by atoms with van der Waals surface area (Å²) in [6.07, 6.45) is -4.84. The zero-order valence-corrected chi connectivity index (χ0v) is 11.6. The van der Waals surface area contributed by atoms with E-state index < -0.39 is 35.5 Å². The van der Waals surface area contributed by atoms with Gasteiger partial charge in [-0.3, -0.25) is 4.79 Å². The number of hydrogen-bond acceptors (Lipinski definition) is 3. The molecule has 1 saturated heterocycles. The van der Waals surface area contributed by atoms with E-state index in [1.807, 2.05) is 0 Å². The number of rotatable bonds is 3. The third-order valence-electron chi connectivity index (χ3n) is 3.46. The van der Waals surface area contributed by atoms with E-state index in [0.717, 1.165) is 11.0 Å². The SMILES string of the molecule is CN(C(=O)Cc1ccc(F)c(C(F)(F)F)c1)C1CCOC1=O. The van der Waals surface area contributed by atoms with Crippen molar-refractivity contribution in [3.8, 4) is 0 Å². The Morgan fingerprint density at radius 3 is 2.64 bits per heavy atom. The lowest BCUT2D eigenvalue weighted by atomic mass is 10.1. The zero-order chi connectivity index (χ0) is 16.5. The van der Waals surface area contributed by atoms with Crippen molar-refractivity contribution in [2.75, 3.05) is 13.7 Å². The molecular formula is C14H13F4NO3. The van der Waals surface area contributed by atoms with Gasteiger partial charge in [0.2, 0.25) is 5.91 Å². The van der Waals surface area contributed by atoms with E-state index in [0.29, 0.717) is 18.6 Å². The Hall–Kier alpha value is -2.12. The van der Waals surface area contributed by atoms with Crippen LogP contribution in [0, 0.1) is 5.82 Å². The Balaban J connectivity index is 2.13. The lowest BCUT2D eigenvalue weighted by molar-refractivity contribution is -0.146. The molecule has 120 valence electrons. The molecule has 1 aromatic carbocycles. The molecule has 1 aliphatic heterocycles. The van der Waals surface area contributed by atoms with Crippen molar-refractivity contribution in [1.82, 2.24) is 4.90 Å². The molecule has 2 rings (SSSR count). The van der Waals surface area contributed by atoms with Crippen molar-refractivity contribution in [1.29, 1.82) is 0 Å². The largest absolute Gasteiger partial charge is 0.464 e. The summed E-state index contributed by atoms with van der Waals surface area (Å²) in [6, 6.07) is 1.67. The van der Waals surface area contributed by atoms with Gasteiger partial charge in [0.05, 0.1) is 18.6 Å². The van der Waals surface area contributed by atoms with Gasteiger partial charge >= 0.3 is 12.1 Å². The summed E-state index contributed by atoms with van der Waals surface area (Å²) < 4.78 is 55.8. The Kier molecular flexibility index (Phi) is 4.39. The Labute approximate surface area is 123 Å². The number of nitrogens with zero attached hydrogens (tertiary/aromatic N) is 1. The number of ether oxygens (including phenoxy) is 1. The maximum absolute atomic E-state index is 13.2. The van der Waals surface area contributed by atoms with Gasteiger partial charge in [-0.1, -0.05) is 6.07 Å². The van der Waals surface area contributed by atoms with E-state index in [2.05, 4.69) is 0 Å². The van der Waals surface area contributed by atoms with Crippen LogP contribution >= 0.6 is 0 Å². The average Bonchev–Trinajstić information content (AvgIpc) is 2.85. The van der Waals surface area contributed by atoms with E-state index in [1.54, 1.807) is 0 Å². The number of amides is 1. The van der Waals surface area contributed by atoms with Gasteiger partial charge in [0.15, 0.2) is 0 Å². The van der Waals surface area contributed by atoms with Crippen LogP contribution in [-0.2, 0) is 26.9 Å². The lowest BCUT2D eigenvalue weighted by Gasteiger charge is -2.21. The molecule has 0 spiro atoms. The fourth-order valence-electron chi connectivity index (χ4n) is 2.21. The van der Waals surface area contributed by atoms with Crippen LogP contribution in [0.25, 0.3) is 0 Å². The average molecular weight is 319 g/mol. The standard InChI is InChI=1S/C14H13F4NO3/c1-19(11-4-5-22-13(11)21)12(20)7-8-2-3-10(15)9(6-8)14(16,17)18/h2-3,6,11H,4-5,7H2,1H3. The molecule has 1 amide bonds. The third kappa shape index (κ3) is 3.37. The van der Waals surface area contributed by atoms with E-state index in [1.165, 1.54) is 7.05 Å². The number of halogens is 4. The number of hydrogen-bond donors (Lipinski definition) is 0. The van der Waals surface area contributed by atoms with E-state index in [-0.39, 0.29) is 18.6 Å². The van der Waals surface area contributed by atoms with Crippen LogP contribution in [0.15, 0.2) is 18.2 Å². The molecule has 1 unspecified atom stereocenters. The van der Waals surface area contributed by atoms with Crippen molar-refractivity contribution >= 4 is 11.9 Å². The van der Waals surface area contributed by atoms with E-state index in [4.69, 9.17) is 4.74 Å². The van der Waals surface area contributed by atoms with Gasteiger partial charge in [0.1, 0.15) is 11.9 Å². The first-order chi connectivity index (χ1) is 10.2. The van der Waals surface area contributed by atoms with Crippen LogP contribution in [0.4, 0.5) is 17.6 Å². The van der Waals surface area contributed by atoms with Crippen LogP contribution < -0.4 is 0 Å². The molecule has 0 N–H and O–H groups in total. The van der Waals surface area contributed by atoms with Crippen molar-refractivity contribution in [2.45, 2.75) is 25.1 Å². The molecule has 0 saturated carbocycles. The Morgan fingerprint density at radius 2 is 2.09 bits per heavy atom. The molecular weight excluding hydrogens is 306 g/mol. The summed E-state index contributed by atoms with van der Waals surface area (Å²) in [5, 5.41) is 0. The summed E-state index contributed by atoms with van der Waals surface area (Å²) in [7, 11) is 1.38. The fourth-order valence-corrected chi connectivity index (χ4v) is 2.21. The minimum atomic E-state index is -4.83. The number of cyclic esters (lactones) is 1. The van der Waals surface area contributed by atoms with E-state index >= 15 is 0 Å². The molecule has 4 nitrogen and oxygen atoms in total. The number of likely N-dealkylation sites (N-methyl/N-ethyl adjacent to an activating group) is 1. The first-order valence-corrected chi connectivity index (χ1v) is 6.48. The molecule has 1 aromatic rings. The highest BCUT2D eigenvalue weighted by Gasteiger charge is 2.35. The van der Waals surface area contributed by atoms with Crippen LogP contribution in [0.2, 0.25) is 0 Å². The summed E-state index contributed by atoms with van der Waals surface area (Å²) in [4.78, 5) is 24.6. The number of carbonyl (C=O) groups excluding carboxylic acids is 2. The number of carbonyl (C=O) groups is 2. The highest BCUT2D eigenvalue weighted by molar-refractivity contribution is 5.86. The van der Waals surface area contributed by atoms with Crippen molar-refractivity contribution < 1.29 is 31.9 Å². The predicted molar refractivity (Wildman–Crippen MR) is 67.2 cm³/mol. The molecule has 0 radical (unpaired) electrons. The molecule has 22 heavy (non-hydrogen) atoms. The maximum atomic E-state index is 13.2. The van der Waals surface area contributed by atoms with Crippen molar-refractivity contribution in [2.24, 2.45) is 0 Å². The normalized spacial score (nSPS) is 18.2. The third-order valence-corrected chi connectivity index (χ3v) is 3.46. The Bertz CT molecular complexity index is 600. The fraction of sp³-hybridized carbons (Fsp3) is 0.429. The number of esters is 1. The summed E-state index contributed by atoms with van der Waals surface area (Å²) >= 11 is 0. The van der Waals surface area contributed by atoms with Gasteiger partial charge in [-0.2, -0.15) is 13.2 Å². The van der Waals surface area contributed by atoms with E-state index in [9.17, 15) is 27.2 Å². The summed E-state index contributed by atoms with van der Waals surface area (Å²) in [6.45, 7) is 0.204. The lowest BCUT2D eigenvalue weighted by Crippen LogP contribution is -2.40. The first-order valence-electron chi connectivity index (χ1n) is 6.48. The smallest absolute Gasteiger partial charge is 0.419 e. The minimum Gasteiger partial charge on any atom is -0.464 e. The van der Waals surface area contributed by atoms with Crippen molar-refractivity contribution in [3.05, 3.63) is 35.1 Å². The number of benzene rings is 1. The molecule has 1 fully saturated rings. The van der Waals surface area contributed by atoms with Gasteiger partial charge in [-0.15, -0.1) is 0 Å². The van der Waals surface area contributed by atoms with Gasteiger partial charge < -0.3 is 9.64 Å².